The maximum Gasteiger partial charge on any atom is 0.232 e. The van der Waals surface area contributed by atoms with Crippen molar-refractivity contribution in [3.05, 3.63) is 78.6 Å². The van der Waals surface area contributed by atoms with Crippen LogP contribution in [0.15, 0.2) is 73.1 Å². The van der Waals surface area contributed by atoms with E-state index in [1.807, 2.05) is 60.7 Å². The van der Waals surface area contributed by atoms with E-state index < -0.39 is 0 Å². The molecule has 0 fully saturated rings. The normalized spacial score (nSPS) is 10.5. The van der Waals surface area contributed by atoms with Crippen LogP contribution in [0, 0.1) is 0 Å². The first-order valence-corrected chi connectivity index (χ1v) is 7.00. The molecule has 0 radical (unpaired) electrons. The summed E-state index contributed by atoms with van der Waals surface area (Å²) in [7, 11) is 0. The molecule has 2 aromatic carbocycles. The first-order chi connectivity index (χ1) is 10.3. The molecule has 0 atom stereocenters. The maximum atomic E-state index is 12.4. The molecule has 1 heterocycles. The van der Waals surface area contributed by atoms with Crippen LogP contribution in [-0.4, -0.2) is 15.5 Å². The third kappa shape index (κ3) is 3.08. The summed E-state index contributed by atoms with van der Waals surface area (Å²) in [6.07, 6.45) is 4.62. The molecule has 3 nitrogen and oxygen atoms in total. The van der Waals surface area contributed by atoms with Crippen LogP contribution < -0.4 is 0 Å². The number of carbonyl (C=O) groups is 1. The number of aryl methyl sites for hydroxylation is 1. The van der Waals surface area contributed by atoms with Gasteiger partial charge >= 0.3 is 0 Å². The van der Waals surface area contributed by atoms with Gasteiger partial charge in [0.15, 0.2) is 0 Å². The van der Waals surface area contributed by atoms with Crippen LogP contribution in [0.5, 0.6) is 0 Å². The van der Waals surface area contributed by atoms with E-state index in [0.717, 1.165) is 12.0 Å². The smallest absolute Gasteiger partial charge is 0.232 e. The summed E-state index contributed by atoms with van der Waals surface area (Å²) in [5.74, 6) is 0.767. The highest BCUT2D eigenvalue weighted by atomic mass is 16.2. The minimum absolute atomic E-state index is 0.0650. The second kappa shape index (κ2) is 6.18. The van der Waals surface area contributed by atoms with Crippen molar-refractivity contribution < 1.29 is 4.79 Å². The Kier molecular flexibility index (Phi) is 3.92. The Morgan fingerprint density at radius 3 is 2.33 bits per heavy atom. The molecule has 0 saturated heterocycles. The zero-order valence-electron chi connectivity index (χ0n) is 11.6. The van der Waals surface area contributed by atoms with E-state index >= 15 is 0 Å². The fraction of sp³-hybridized carbons (Fsp3) is 0.111. The van der Waals surface area contributed by atoms with Crippen LogP contribution in [0.2, 0.25) is 0 Å². The van der Waals surface area contributed by atoms with Crippen molar-refractivity contribution in [2.45, 2.75) is 12.8 Å². The van der Waals surface area contributed by atoms with E-state index in [1.165, 1.54) is 5.56 Å². The SMILES string of the molecule is O=C(CCc1ccccc1)n1ccnc1-c1ccccc1. The zero-order valence-corrected chi connectivity index (χ0v) is 11.6. The molecular formula is C18H16N2O. The minimum atomic E-state index is 0.0650. The molecule has 3 heteroatoms. The number of rotatable bonds is 4. The van der Waals surface area contributed by atoms with Crippen molar-refractivity contribution >= 4 is 5.91 Å². The van der Waals surface area contributed by atoms with E-state index in [4.69, 9.17) is 0 Å². The molecule has 3 rings (SSSR count). The molecule has 0 aliphatic rings. The number of benzene rings is 2. The van der Waals surface area contributed by atoms with Crippen LogP contribution in [0.4, 0.5) is 0 Å². The van der Waals surface area contributed by atoms with Crippen LogP contribution >= 0.6 is 0 Å². The summed E-state index contributed by atoms with van der Waals surface area (Å²) in [5.41, 5.74) is 2.13. The van der Waals surface area contributed by atoms with Crippen LogP contribution in [0.1, 0.15) is 16.8 Å². The predicted molar refractivity (Wildman–Crippen MR) is 83.1 cm³/mol. The van der Waals surface area contributed by atoms with E-state index in [2.05, 4.69) is 4.98 Å². The predicted octanol–water partition coefficient (Wildman–Crippen LogP) is 3.82. The van der Waals surface area contributed by atoms with Crippen molar-refractivity contribution in [1.82, 2.24) is 9.55 Å². The summed E-state index contributed by atoms with van der Waals surface area (Å²) in [4.78, 5) is 16.7. The molecular weight excluding hydrogens is 260 g/mol. The fourth-order valence-electron chi connectivity index (χ4n) is 2.32. The van der Waals surface area contributed by atoms with Gasteiger partial charge in [-0.05, 0) is 12.0 Å². The molecule has 0 amide bonds. The molecule has 1 aromatic heterocycles. The topological polar surface area (TPSA) is 34.9 Å². The Morgan fingerprint density at radius 2 is 1.62 bits per heavy atom. The van der Waals surface area contributed by atoms with Gasteiger partial charge in [-0.25, -0.2) is 4.98 Å². The Balaban J connectivity index is 1.76. The van der Waals surface area contributed by atoms with Gasteiger partial charge in [0.05, 0.1) is 0 Å². The van der Waals surface area contributed by atoms with Gasteiger partial charge in [-0.1, -0.05) is 60.7 Å². The number of hydrogen-bond acceptors (Lipinski definition) is 2. The Morgan fingerprint density at radius 1 is 0.952 bits per heavy atom. The third-order valence-corrected chi connectivity index (χ3v) is 3.41. The monoisotopic (exact) mass is 276 g/mol. The lowest BCUT2D eigenvalue weighted by molar-refractivity contribution is 0.0905. The molecule has 0 bridgehead atoms. The first-order valence-electron chi connectivity index (χ1n) is 7.00. The largest absolute Gasteiger partial charge is 0.274 e. The average molecular weight is 276 g/mol. The highest BCUT2D eigenvalue weighted by Crippen LogP contribution is 2.17. The summed E-state index contributed by atoms with van der Waals surface area (Å²) in [5, 5.41) is 0. The second-order valence-electron chi connectivity index (χ2n) is 4.87. The van der Waals surface area contributed by atoms with Gasteiger partial charge in [-0.3, -0.25) is 9.36 Å². The third-order valence-electron chi connectivity index (χ3n) is 3.41. The van der Waals surface area contributed by atoms with E-state index in [9.17, 15) is 4.79 Å². The summed E-state index contributed by atoms with van der Waals surface area (Å²) in [6, 6.07) is 19.8. The summed E-state index contributed by atoms with van der Waals surface area (Å²) < 4.78 is 1.64. The minimum Gasteiger partial charge on any atom is -0.274 e. The molecule has 0 spiro atoms. The van der Waals surface area contributed by atoms with Crippen molar-refractivity contribution in [3.8, 4) is 11.4 Å². The number of hydrogen-bond donors (Lipinski definition) is 0. The molecule has 3 aromatic rings. The highest BCUT2D eigenvalue weighted by molar-refractivity contribution is 5.83. The van der Waals surface area contributed by atoms with Crippen molar-refractivity contribution in [2.24, 2.45) is 0 Å². The first kappa shape index (κ1) is 13.3. The van der Waals surface area contributed by atoms with Crippen molar-refractivity contribution in [1.29, 1.82) is 0 Å². The van der Waals surface area contributed by atoms with Gasteiger partial charge in [0, 0.05) is 24.4 Å². The second-order valence-corrected chi connectivity index (χ2v) is 4.87. The van der Waals surface area contributed by atoms with Crippen LogP contribution in [0.3, 0.4) is 0 Å². The Labute approximate surface area is 123 Å². The highest BCUT2D eigenvalue weighted by Gasteiger charge is 2.12. The number of carbonyl (C=O) groups excluding carboxylic acids is 1. The lowest BCUT2D eigenvalue weighted by Crippen LogP contribution is -2.12. The fourth-order valence-corrected chi connectivity index (χ4v) is 2.32. The molecule has 0 aliphatic carbocycles. The van der Waals surface area contributed by atoms with Crippen LogP contribution in [-0.2, 0) is 6.42 Å². The molecule has 0 aliphatic heterocycles. The lowest BCUT2D eigenvalue weighted by Gasteiger charge is -2.07. The van der Waals surface area contributed by atoms with Gasteiger partial charge in [0.2, 0.25) is 5.91 Å². The quantitative estimate of drug-likeness (QED) is 0.726. The van der Waals surface area contributed by atoms with Crippen molar-refractivity contribution in [2.75, 3.05) is 0 Å². The molecule has 0 unspecified atom stereocenters. The Bertz CT molecular complexity index is 717. The molecule has 21 heavy (non-hydrogen) atoms. The standard InChI is InChI=1S/C18H16N2O/c21-17(12-11-15-7-3-1-4-8-15)20-14-13-19-18(20)16-9-5-2-6-10-16/h1-10,13-14H,11-12H2. The van der Waals surface area contributed by atoms with Gasteiger partial charge in [0.1, 0.15) is 5.82 Å². The molecule has 0 saturated carbocycles. The maximum absolute atomic E-state index is 12.4. The Hall–Kier alpha value is -2.68. The van der Waals surface area contributed by atoms with Gasteiger partial charge < -0.3 is 0 Å². The van der Waals surface area contributed by atoms with Crippen LogP contribution in [0.25, 0.3) is 11.4 Å². The van der Waals surface area contributed by atoms with Gasteiger partial charge in [-0.15, -0.1) is 0 Å². The number of nitrogens with zero attached hydrogens (tertiary/aromatic N) is 2. The average Bonchev–Trinajstić information content (AvgIpc) is 3.04. The van der Waals surface area contributed by atoms with E-state index in [0.29, 0.717) is 12.2 Å². The number of imidazole rings is 1. The van der Waals surface area contributed by atoms with Gasteiger partial charge in [-0.2, -0.15) is 0 Å². The lowest BCUT2D eigenvalue weighted by atomic mass is 10.1. The van der Waals surface area contributed by atoms with Crippen molar-refractivity contribution in [3.63, 3.8) is 0 Å². The molecule has 104 valence electrons. The van der Waals surface area contributed by atoms with E-state index in [1.54, 1.807) is 17.0 Å². The summed E-state index contributed by atoms with van der Waals surface area (Å²) >= 11 is 0. The van der Waals surface area contributed by atoms with Gasteiger partial charge in [0.25, 0.3) is 0 Å². The van der Waals surface area contributed by atoms with E-state index in [-0.39, 0.29) is 5.91 Å². The zero-order chi connectivity index (χ0) is 14.5. The molecule has 0 N–H and O–H groups in total. The summed E-state index contributed by atoms with van der Waals surface area (Å²) in [6.45, 7) is 0. The number of aromatic nitrogens is 2.